The molecule has 1 atom stereocenters. The molecule has 0 saturated carbocycles. The van der Waals surface area contributed by atoms with Gasteiger partial charge in [0.05, 0.1) is 37.9 Å². The lowest BCUT2D eigenvalue weighted by Crippen LogP contribution is -2.52. The van der Waals surface area contributed by atoms with Crippen LogP contribution in [0, 0.1) is 0 Å². The number of hydrogen-bond donors (Lipinski definition) is 0. The summed E-state index contributed by atoms with van der Waals surface area (Å²) in [5.74, 6) is -0.369. The Labute approximate surface area is 214 Å². The van der Waals surface area contributed by atoms with Crippen LogP contribution >= 0.6 is 0 Å². The van der Waals surface area contributed by atoms with Crippen molar-refractivity contribution in [1.82, 2.24) is 14.7 Å². The molecule has 10 heteroatoms. The van der Waals surface area contributed by atoms with E-state index < -0.39 is 17.8 Å². The molecular weight excluding hydrogens is 487 g/mol. The van der Waals surface area contributed by atoms with Crippen LogP contribution in [0.25, 0.3) is 0 Å². The predicted molar refractivity (Wildman–Crippen MR) is 131 cm³/mol. The lowest BCUT2D eigenvalue weighted by atomic mass is 10.1. The van der Waals surface area contributed by atoms with Crippen LogP contribution < -0.4 is 0 Å². The lowest BCUT2D eigenvalue weighted by Gasteiger charge is -2.37. The van der Waals surface area contributed by atoms with Crippen LogP contribution in [-0.2, 0) is 26.9 Å². The summed E-state index contributed by atoms with van der Waals surface area (Å²) in [6, 6.07) is 13.8. The third kappa shape index (κ3) is 7.77. The number of carbonyl (C=O) groups is 2. The summed E-state index contributed by atoms with van der Waals surface area (Å²) in [5, 5.41) is 0. The van der Waals surface area contributed by atoms with E-state index in [1.807, 2.05) is 30.3 Å². The Hall–Kier alpha value is -2.95. The molecule has 0 aliphatic carbocycles. The van der Waals surface area contributed by atoms with Gasteiger partial charge in [0.25, 0.3) is 5.91 Å². The molecule has 200 valence electrons. The van der Waals surface area contributed by atoms with Crippen molar-refractivity contribution in [3.8, 4) is 0 Å². The normalized spacial score (nSPS) is 19.0. The van der Waals surface area contributed by atoms with Crippen molar-refractivity contribution in [2.45, 2.75) is 18.7 Å². The van der Waals surface area contributed by atoms with Gasteiger partial charge in [-0.2, -0.15) is 13.2 Å². The number of halogens is 3. The highest BCUT2D eigenvalue weighted by atomic mass is 19.4. The van der Waals surface area contributed by atoms with E-state index in [9.17, 15) is 22.8 Å². The number of benzene rings is 2. The zero-order valence-corrected chi connectivity index (χ0v) is 20.7. The van der Waals surface area contributed by atoms with Crippen molar-refractivity contribution in [2.24, 2.45) is 0 Å². The topological polar surface area (TPSA) is 62.3 Å². The molecule has 2 aliphatic rings. The van der Waals surface area contributed by atoms with Gasteiger partial charge in [0.2, 0.25) is 5.91 Å². The Morgan fingerprint density at radius 3 is 2.32 bits per heavy atom. The van der Waals surface area contributed by atoms with E-state index in [0.29, 0.717) is 46.0 Å². The van der Waals surface area contributed by atoms with Gasteiger partial charge in [0, 0.05) is 51.4 Å². The molecule has 0 spiro atoms. The van der Waals surface area contributed by atoms with Crippen LogP contribution in [0.4, 0.5) is 13.2 Å². The fourth-order valence-corrected chi connectivity index (χ4v) is 4.53. The molecule has 0 bridgehead atoms. The van der Waals surface area contributed by atoms with E-state index in [2.05, 4.69) is 4.90 Å². The molecule has 0 unspecified atom stereocenters. The van der Waals surface area contributed by atoms with E-state index in [-0.39, 0.29) is 30.3 Å². The Morgan fingerprint density at radius 1 is 0.946 bits per heavy atom. The quantitative estimate of drug-likeness (QED) is 0.537. The molecule has 2 amide bonds. The smallest absolute Gasteiger partial charge is 0.379 e. The first-order chi connectivity index (χ1) is 17.8. The van der Waals surface area contributed by atoms with Gasteiger partial charge in [-0.15, -0.1) is 0 Å². The predicted octanol–water partition coefficient (Wildman–Crippen LogP) is 2.95. The van der Waals surface area contributed by atoms with E-state index in [0.717, 1.165) is 30.8 Å². The monoisotopic (exact) mass is 519 g/mol. The second kappa shape index (κ2) is 12.5. The molecule has 2 heterocycles. The number of alkyl halides is 3. The maximum atomic E-state index is 13.3. The molecule has 0 radical (unpaired) electrons. The number of amides is 2. The summed E-state index contributed by atoms with van der Waals surface area (Å²) in [6.07, 6.45) is -4.58. The minimum atomic E-state index is -4.46. The van der Waals surface area contributed by atoms with E-state index in [4.69, 9.17) is 9.47 Å². The largest absolute Gasteiger partial charge is 0.416 e. The molecule has 2 saturated heterocycles. The highest BCUT2D eigenvalue weighted by molar-refractivity contribution is 5.94. The number of ether oxygens (including phenoxy) is 2. The zero-order chi connectivity index (χ0) is 26.3. The first-order valence-corrected chi connectivity index (χ1v) is 12.5. The van der Waals surface area contributed by atoms with Crippen molar-refractivity contribution in [2.75, 3.05) is 65.6 Å². The highest BCUT2D eigenvalue weighted by Crippen LogP contribution is 2.29. The number of hydrogen-bond acceptors (Lipinski definition) is 5. The Kier molecular flexibility index (Phi) is 9.18. The molecular formula is C27H32F3N3O4. The summed E-state index contributed by atoms with van der Waals surface area (Å²) in [7, 11) is 0. The van der Waals surface area contributed by atoms with Crippen LogP contribution in [-0.4, -0.2) is 98.3 Å². The minimum Gasteiger partial charge on any atom is -0.379 e. The van der Waals surface area contributed by atoms with E-state index >= 15 is 0 Å². The van der Waals surface area contributed by atoms with Crippen molar-refractivity contribution >= 4 is 11.8 Å². The average molecular weight is 520 g/mol. The molecule has 2 aromatic carbocycles. The van der Waals surface area contributed by atoms with E-state index in [1.54, 1.807) is 9.80 Å². The number of carbonyl (C=O) groups excluding carboxylic acids is 2. The van der Waals surface area contributed by atoms with Crippen molar-refractivity contribution in [3.05, 3.63) is 71.3 Å². The van der Waals surface area contributed by atoms with Crippen molar-refractivity contribution < 1.29 is 32.2 Å². The highest BCUT2D eigenvalue weighted by Gasteiger charge is 2.32. The van der Waals surface area contributed by atoms with Gasteiger partial charge < -0.3 is 19.3 Å². The number of nitrogens with zero attached hydrogens (tertiary/aromatic N) is 3. The van der Waals surface area contributed by atoms with E-state index in [1.165, 1.54) is 12.1 Å². The third-order valence-electron chi connectivity index (χ3n) is 6.65. The molecule has 2 aliphatic heterocycles. The summed E-state index contributed by atoms with van der Waals surface area (Å²) in [4.78, 5) is 31.9. The number of rotatable bonds is 8. The maximum absolute atomic E-state index is 13.3. The Balaban J connectivity index is 1.39. The fraction of sp³-hybridized carbons (Fsp3) is 0.481. The second-order valence-corrected chi connectivity index (χ2v) is 9.28. The molecule has 2 fully saturated rings. The fourth-order valence-electron chi connectivity index (χ4n) is 4.53. The van der Waals surface area contributed by atoms with Gasteiger partial charge in [0.15, 0.2) is 0 Å². The van der Waals surface area contributed by atoms with Crippen LogP contribution in [0.3, 0.4) is 0 Å². The van der Waals surface area contributed by atoms with Crippen LogP contribution in [0.5, 0.6) is 0 Å². The van der Waals surface area contributed by atoms with Gasteiger partial charge in [-0.05, 0) is 29.8 Å². The summed E-state index contributed by atoms with van der Waals surface area (Å²) in [6.45, 7) is 5.42. The summed E-state index contributed by atoms with van der Waals surface area (Å²) < 4.78 is 50.0. The molecule has 7 nitrogen and oxygen atoms in total. The maximum Gasteiger partial charge on any atom is 0.416 e. The second-order valence-electron chi connectivity index (χ2n) is 9.28. The minimum absolute atomic E-state index is 0.0192. The van der Waals surface area contributed by atoms with Crippen molar-refractivity contribution in [1.29, 1.82) is 0 Å². The SMILES string of the molecule is O=C(Cc1ccccc1)N(CCN1CCOCC1)C[C@@H]1CN(C(=O)c2ccc(C(F)(F)F)cc2)CCO1. The first kappa shape index (κ1) is 27.1. The molecule has 4 rings (SSSR count). The summed E-state index contributed by atoms with van der Waals surface area (Å²) >= 11 is 0. The molecule has 0 N–H and O–H groups in total. The lowest BCUT2D eigenvalue weighted by molar-refractivity contribution is -0.137. The Morgan fingerprint density at radius 2 is 1.65 bits per heavy atom. The van der Waals surface area contributed by atoms with Gasteiger partial charge >= 0.3 is 6.18 Å². The number of morpholine rings is 2. The molecule has 2 aromatic rings. The van der Waals surface area contributed by atoms with Crippen LogP contribution in [0.2, 0.25) is 0 Å². The van der Waals surface area contributed by atoms with Gasteiger partial charge in [-0.1, -0.05) is 30.3 Å². The average Bonchev–Trinajstić information content (AvgIpc) is 2.91. The van der Waals surface area contributed by atoms with Gasteiger partial charge in [-0.3, -0.25) is 14.5 Å². The van der Waals surface area contributed by atoms with Gasteiger partial charge in [0.1, 0.15) is 0 Å². The zero-order valence-electron chi connectivity index (χ0n) is 20.7. The third-order valence-corrected chi connectivity index (χ3v) is 6.65. The Bertz CT molecular complexity index is 1030. The van der Waals surface area contributed by atoms with Crippen LogP contribution in [0.1, 0.15) is 21.5 Å². The molecule has 37 heavy (non-hydrogen) atoms. The van der Waals surface area contributed by atoms with Crippen LogP contribution in [0.15, 0.2) is 54.6 Å². The first-order valence-electron chi connectivity index (χ1n) is 12.5. The standard InChI is InChI=1S/C27H32F3N3O4/c28-27(29,30)23-8-6-22(7-9-23)26(35)33-14-17-37-24(20-33)19-32(11-10-31-12-15-36-16-13-31)25(34)18-21-4-2-1-3-5-21/h1-9,24H,10-20H2/t24-/m1/s1. The van der Waals surface area contributed by atoms with Crippen molar-refractivity contribution in [3.63, 3.8) is 0 Å². The van der Waals surface area contributed by atoms with Gasteiger partial charge in [-0.25, -0.2) is 0 Å². The molecule has 0 aromatic heterocycles. The summed E-state index contributed by atoms with van der Waals surface area (Å²) in [5.41, 5.74) is 0.322.